The van der Waals surface area contributed by atoms with Crippen molar-refractivity contribution in [3.8, 4) is 5.69 Å². The molecule has 7 heteroatoms. The van der Waals surface area contributed by atoms with Gasteiger partial charge in [-0.3, -0.25) is 4.90 Å². The molecule has 0 bridgehead atoms. The Kier molecular flexibility index (Phi) is 4.24. The summed E-state index contributed by atoms with van der Waals surface area (Å²) < 4.78 is 15.2. The first kappa shape index (κ1) is 18.4. The van der Waals surface area contributed by atoms with Crippen LogP contribution in [-0.4, -0.2) is 43.8 Å². The molecule has 0 atom stereocenters. The summed E-state index contributed by atoms with van der Waals surface area (Å²) in [6.07, 6.45) is 7.84. The number of likely N-dealkylation sites (tertiary alicyclic amines) is 1. The van der Waals surface area contributed by atoms with Gasteiger partial charge in [0.2, 0.25) is 0 Å². The smallest absolute Gasteiger partial charge is 0.137 e. The molecule has 156 valence electrons. The molecule has 1 saturated carbocycles. The summed E-state index contributed by atoms with van der Waals surface area (Å²) in [5, 5.41) is 9.10. The number of hydrogen-bond donors (Lipinski definition) is 1. The van der Waals surface area contributed by atoms with Crippen molar-refractivity contribution in [3.05, 3.63) is 78.6 Å². The molecule has 2 aromatic carbocycles. The quantitative estimate of drug-likeness (QED) is 0.534. The molecule has 31 heavy (non-hydrogen) atoms. The standard InChI is InChI=1S/C24H23FN6/c25-18-4-3-5-20(8-18)31-13-17(11-28-31)12-30-14-24(15-30)9-19(10-24)29-23-21-6-1-2-7-22(21)26-16-27-23/h1-8,11,13,16,19H,9-10,12,14-15H2,(H,26,27,29). The number of para-hydroxylation sites is 1. The van der Waals surface area contributed by atoms with Crippen LogP contribution in [0.4, 0.5) is 10.2 Å². The zero-order valence-electron chi connectivity index (χ0n) is 17.1. The third-order valence-electron chi connectivity index (χ3n) is 6.48. The Labute approximate surface area is 179 Å². The summed E-state index contributed by atoms with van der Waals surface area (Å²) in [6.45, 7) is 3.10. The molecule has 2 aliphatic rings. The summed E-state index contributed by atoms with van der Waals surface area (Å²) in [7, 11) is 0. The number of nitrogens with zero attached hydrogens (tertiary/aromatic N) is 5. The van der Waals surface area contributed by atoms with Crippen molar-refractivity contribution < 1.29 is 4.39 Å². The van der Waals surface area contributed by atoms with Crippen LogP contribution in [0.2, 0.25) is 0 Å². The van der Waals surface area contributed by atoms with Gasteiger partial charge in [-0.15, -0.1) is 0 Å². The van der Waals surface area contributed by atoms with E-state index < -0.39 is 0 Å². The second-order valence-corrected chi connectivity index (χ2v) is 8.91. The summed E-state index contributed by atoms with van der Waals surface area (Å²) in [4.78, 5) is 11.3. The number of aromatic nitrogens is 4. The van der Waals surface area contributed by atoms with Crippen LogP contribution in [0.15, 0.2) is 67.3 Å². The van der Waals surface area contributed by atoms with Gasteiger partial charge in [0, 0.05) is 42.8 Å². The zero-order chi connectivity index (χ0) is 20.8. The van der Waals surface area contributed by atoms with Crippen molar-refractivity contribution in [1.82, 2.24) is 24.6 Å². The number of fused-ring (bicyclic) bond motifs is 1. The van der Waals surface area contributed by atoms with Gasteiger partial charge in [-0.05, 0) is 48.6 Å². The Bertz CT molecular complexity index is 1230. The highest BCUT2D eigenvalue weighted by atomic mass is 19.1. The number of anilines is 1. The number of rotatable bonds is 5. The molecule has 4 aromatic rings. The number of hydrogen-bond acceptors (Lipinski definition) is 5. The van der Waals surface area contributed by atoms with E-state index in [-0.39, 0.29) is 5.82 Å². The molecule has 2 aromatic heterocycles. The summed E-state index contributed by atoms with van der Waals surface area (Å²) in [5.41, 5.74) is 3.30. The van der Waals surface area contributed by atoms with Crippen molar-refractivity contribution in [2.45, 2.75) is 25.4 Å². The van der Waals surface area contributed by atoms with Gasteiger partial charge in [-0.25, -0.2) is 19.0 Å². The summed E-state index contributed by atoms with van der Waals surface area (Å²) in [6, 6.07) is 15.1. The van der Waals surface area contributed by atoms with Gasteiger partial charge < -0.3 is 5.32 Å². The molecule has 6 nitrogen and oxygen atoms in total. The van der Waals surface area contributed by atoms with E-state index in [4.69, 9.17) is 0 Å². The van der Waals surface area contributed by atoms with Gasteiger partial charge >= 0.3 is 0 Å². The van der Waals surface area contributed by atoms with E-state index in [1.165, 1.54) is 25.0 Å². The number of benzene rings is 2. The van der Waals surface area contributed by atoms with E-state index in [9.17, 15) is 4.39 Å². The Morgan fingerprint density at radius 2 is 1.94 bits per heavy atom. The van der Waals surface area contributed by atoms with Gasteiger partial charge in [0.25, 0.3) is 0 Å². The van der Waals surface area contributed by atoms with Crippen LogP contribution in [0.25, 0.3) is 16.6 Å². The maximum absolute atomic E-state index is 13.4. The van der Waals surface area contributed by atoms with Gasteiger partial charge in [0.15, 0.2) is 0 Å². The fourth-order valence-electron chi connectivity index (χ4n) is 5.13. The largest absolute Gasteiger partial charge is 0.367 e. The fraction of sp³-hybridized carbons (Fsp3) is 0.292. The predicted octanol–water partition coefficient (Wildman–Crippen LogP) is 4.03. The monoisotopic (exact) mass is 414 g/mol. The van der Waals surface area contributed by atoms with Crippen LogP contribution in [-0.2, 0) is 6.54 Å². The van der Waals surface area contributed by atoms with Gasteiger partial charge in [-0.2, -0.15) is 5.10 Å². The number of halogens is 1. The summed E-state index contributed by atoms with van der Waals surface area (Å²) in [5.74, 6) is 0.689. The van der Waals surface area contributed by atoms with E-state index in [0.717, 1.165) is 47.6 Å². The fourth-order valence-corrected chi connectivity index (χ4v) is 5.13. The van der Waals surface area contributed by atoms with E-state index in [2.05, 4.69) is 31.3 Å². The van der Waals surface area contributed by atoms with Crippen molar-refractivity contribution >= 4 is 16.7 Å². The van der Waals surface area contributed by atoms with Crippen LogP contribution < -0.4 is 5.32 Å². The zero-order valence-corrected chi connectivity index (χ0v) is 17.1. The third kappa shape index (κ3) is 3.45. The average molecular weight is 414 g/mol. The van der Waals surface area contributed by atoms with Crippen molar-refractivity contribution in [3.63, 3.8) is 0 Å². The first-order chi connectivity index (χ1) is 15.2. The first-order valence-electron chi connectivity index (χ1n) is 10.6. The van der Waals surface area contributed by atoms with Crippen molar-refractivity contribution in [2.75, 3.05) is 18.4 Å². The summed E-state index contributed by atoms with van der Waals surface area (Å²) >= 11 is 0. The lowest BCUT2D eigenvalue weighted by molar-refractivity contribution is -0.0712. The van der Waals surface area contributed by atoms with Crippen LogP contribution in [0.3, 0.4) is 0 Å². The van der Waals surface area contributed by atoms with E-state index in [0.29, 0.717) is 11.5 Å². The van der Waals surface area contributed by atoms with Crippen molar-refractivity contribution in [2.24, 2.45) is 5.41 Å². The Morgan fingerprint density at radius 1 is 1.06 bits per heavy atom. The lowest BCUT2D eigenvalue weighted by Gasteiger charge is -2.59. The van der Waals surface area contributed by atoms with E-state index >= 15 is 0 Å². The minimum Gasteiger partial charge on any atom is -0.367 e. The van der Waals surface area contributed by atoms with Crippen LogP contribution in [0.1, 0.15) is 18.4 Å². The molecule has 0 unspecified atom stereocenters. The number of nitrogens with one attached hydrogen (secondary N) is 1. The molecule has 1 N–H and O–H groups in total. The SMILES string of the molecule is Fc1cccc(-n2cc(CN3CC4(CC(Nc5ncnc6ccccc56)C4)C3)cn2)c1. The molecule has 3 heterocycles. The molecule has 0 radical (unpaired) electrons. The van der Waals surface area contributed by atoms with Crippen LogP contribution in [0, 0.1) is 11.2 Å². The minimum absolute atomic E-state index is 0.248. The van der Waals surface area contributed by atoms with Crippen LogP contribution in [0.5, 0.6) is 0 Å². The molecule has 1 aliphatic heterocycles. The van der Waals surface area contributed by atoms with Gasteiger partial charge in [0.1, 0.15) is 18.0 Å². The highest BCUT2D eigenvalue weighted by molar-refractivity contribution is 5.88. The second-order valence-electron chi connectivity index (χ2n) is 8.91. The molecule has 1 aliphatic carbocycles. The average Bonchev–Trinajstić information content (AvgIpc) is 3.19. The molecule has 0 amide bonds. The Hall–Kier alpha value is -3.32. The molecule has 2 fully saturated rings. The first-order valence-corrected chi connectivity index (χ1v) is 10.6. The minimum atomic E-state index is -0.248. The van der Waals surface area contributed by atoms with Crippen molar-refractivity contribution in [1.29, 1.82) is 0 Å². The molecule has 6 rings (SSSR count). The lowest BCUT2D eigenvalue weighted by atomic mass is 9.60. The Morgan fingerprint density at radius 3 is 2.81 bits per heavy atom. The third-order valence-corrected chi connectivity index (χ3v) is 6.48. The Balaban J connectivity index is 1.03. The second kappa shape index (κ2) is 7.13. The molecular weight excluding hydrogens is 391 g/mol. The molecule has 1 spiro atoms. The van der Waals surface area contributed by atoms with Gasteiger partial charge in [-0.1, -0.05) is 18.2 Å². The van der Waals surface area contributed by atoms with E-state index in [1.807, 2.05) is 36.7 Å². The highest BCUT2D eigenvalue weighted by Gasteiger charge is 2.52. The highest BCUT2D eigenvalue weighted by Crippen LogP contribution is 2.49. The van der Waals surface area contributed by atoms with Crippen LogP contribution >= 0.6 is 0 Å². The predicted molar refractivity (Wildman–Crippen MR) is 117 cm³/mol. The normalized spacial score (nSPS) is 18.1. The van der Waals surface area contributed by atoms with E-state index in [1.54, 1.807) is 17.1 Å². The molecular formula is C24H23FN6. The lowest BCUT2D eigenvalue weighted by Crippen LogP contribution is -2.64. The maximum atomic E-state index is 13.4. The van der Waals surface area contributed by atoms with Gasteiger partial charge in [0.05, 0.1) is 17.4 Å². The molecule has 1 saturated heterocycles. The topological polar surface area (TPSA) is 58.9 Å². The maximum Gasteiger partial charge on any atom is 0.137 e.